The summed E-state index contributed by atoms with van der Waals surface area (Å²) in [5.74, 6) is 0. The Morgan fingerprint density at radius 3 is 1.85 bits per heavy atom. The van der Waals surface area contributed by atoms with Crippen molar-refractivity contribution in [2.75, 3.05) is 5.32 Å². The molecule has 0 aliphatic carbocycles. The van der Waals surface area contributed by atoms with Gasteiger partial charge in [0.2, 0.25) is 0 Å². The van der Waals surface area contributed by atoms with Gasteiger partial charge in [-0.3, -0.25) is 0 Å². The molecule has 2 N–H and O–H groups in total. The highest BCUT2D eigenvalue weighted by Gasteiger charge is 2.37. The summed E-state index contributed by atoms with van der Waals surface area (Å²) in [7, 11) is 0. The number of anilines is 1. The predicted octanol–water partition coefficient (Wildman–Crippen LogP) is 5.77. The van der Waals surface area contributed by atoms with Gasteiger partial charge in [0.15, 0.2) is 5.11 Å². The van der Waals surface area contributed by atoms with E-state index in [1.807, 2.05) is 18.2 Å². The van der Waals surface area contributed by atoms with Crippen LogP contribution in [-0.2, 0) is 12.4 Å². The first-order valence-corrected chi connectivity index (χ1v) is 7.79. The molecule has 0 heterocycles. The van der Waals surface area contributed by atoms with Crippen molar-refractivity contribution < 1.29 is 26.3 Å². The molecule has 0 aliphatic rings. The summed E-state index contributed by atoms with van der Waals surface area (Å²) in [6.45, 7) is 1.76. The van der Waals surface area contributed by atoms with E-state index in [2.05, 4.69) is 10.6 Å². The minimum absolute atomic E-state index is 0.0637. The molecule has 0 aliphatic heterocycles. The maximum Gasteiger partial charge on any atom is 0.416 e. The third kappa shape index (κ3) is 5.35. The van der Waals surface area contributed by atoms with Crippen molar-refractivity contribution in [2.45, 2.75) is 25.3 Å². The Morgan fingerprint density at radius 1 is 0.885 bits per heavy atom. The number of benzene rings is 2. The fourth-order valence-electron chi connectivity index (χ4n) is 2.22. The Morgan fingerprint density at radius 2 is 1.38 bits per heavy atom. The van der Waals surface area contributed by atoms with Crippen molar-refractivity contribution in [1.82, 2.24) is 5.32 Å². The lowest BCUT2D eigenvalue weighted by Crippen LogP contribution is -2.31. The summed E-state index contributed by atoms with van der Waals surface area (Å²) in [6.07, 6.45) is -9.83. The van der Waals surface area contributed by atoms with E-state index >= 15 is 0 Å². The lowest BCUT2D eigenvalue weighted by molar-refractivity contribution is -0.143. The first-order chi connectivity index (χ1) is 12.0. The van der Waals surface area contributed by atoms with E-state index in [1.165, 1.54) is 0 Å². The summed E-state index contributed by atoms with van der Waals surface area (Å²) in [5.41, 5.74) is -2.36. The summed E-state index contributed by atoms with van der Waals surface area (Å²) in [6, 6.07) is 9.97. The van der Waals surface area contributed by atoms with Gasteiger partial charge in [0.05, 0.1) is 17.2 Å². The maximum atomic E-state index is 12.9. The Bertz CT molecular complexity index is 739. The van der Waals surface area contributed by atoms with Crippen LogP contribution in [0, 0.1) is 0 Å². The van der Waals surface area contributed by atoms with Crippen LogP contribution in [0.4, 0.5) is 32.0 Å². The molecule has 1 atom stereocenters. The van der Waals surface area contributed by atoms with Crippen LogP contribution in [0.25, 0.3) is 0 Å². The van der Waals surface area contributed by atoms with E-state index in [0.29, 0.717) is 12.1 Å². The van der Waals surface area contributed by atoms with Gasteiger partial charge in [-0.25, -0.2) is 0 Å². The number of thiocarbonyl (C=S) groups is 1. The molecule has 2 aromatic carbocycles. The molecule has 0 spiro atoms. The number of hydrogen-bond donors (Lipinski definition) is 2. The van der Waals surface area contributed by atoms with Crippen LogP contribution in [0.5, 0.6) is 0 Å². The highest BCUT2D eigenvalue weighted by molar-refractivity contribution is 7.80. The Balaban J connectivity index is 2.21. The summed E-state index contributed by atoms with van der Waals surface area (Å²) < 4.78 is 77.2. The number of halogens is 6. The van der Waals surface area contributed by atoms with Gasteiger partial charge < -0.3 is 10.6 Å². The van der Waals surface area contributed by atoms with Crippen LogP contribution in [-0.4, -0.2) is 5.11 Å². The molecule has 0 amide bonds. The van der Waals surface area contributed by atoms with Crippen LogP contribution in [0.1, 0.15) is 29.7 Å². The minimum atomic E-state index is -4.91. The third-order valence-electron chi connectivity index (χ3n) is 3.49. The van der Waals surface area contributed by atoms with Gasteiger partial charge in [-0.1, -0.05) is 30.3 Å². The molecule has 2 nitrogen and oxygen atoms in total. The first kappa shape index (κ1) is 20.0. The second-order valence-electron chi connectivity index (χ2n) is 5.53. The van der Waals surface area contributed by atoms with Crippen molar-refractivity contribution in [3.63, 3.8) is 0 Å². The molecule has 140 valence electrons. The van der Waals surface area contributed by atoms with E-state index in [9.17, 15) is 26.3 Å². The molecule has 9 heteroatoms. The molecule has 2 rings (SSSR count). The topological polar surface area (TPSA) is 24.1 Å². The standard InChI is InChI=1S/C17H14F6N2S/c1-10(11-5-3-2-4-6-11)24-15(26)25-14-8-12(16(18,19)20)7-13(9-14)17(21,22)23/h2-10H,1H3,(H2,24,25,26). The lowest BCUT2D eigenvalue weighted by atomic mass is 10.1. The van der Waals surface area contributed by atoms with E-state index in [-0.39, 0.29) is 17.2 Å². The first-order valence-electron chi connectivity index (χ1n) is 7.39. The van der Waals surface area contributed by atoms with E-state index < -0.39 is 29.2 Å². The number of nitrogens with one attached hydrogen (secondary N) is 2. The summed E-state index contributed by atoms with van der Waals surface area (Å²) in [5, 5.41) is 5.12. The lowest BCUT2D eigenvalue weighted by Gasteiger charge is -2.19. The smallest absolute Gasteiger partial charge is 0.356 e. The average molecular weight is 392 g/mol. The van der Waals surface area contributed by atoms with Crippen LogP contribution in [0.3, 0.4) is 0 Å². The quantitative estimate of drug-likeness (QED) is 0.512. The van der Waals surface area contributed by atoms with E-state index in [4.69, 9.17) is 12.2 Å². The fourth-order valence-corrected chi connectivity index (χ4v) is 2.51. The molecule has 0 bridgehead atoms. The number of rotatable bonds is 3. The zero-order chi connectivity index (χ0) is 19.5. The van der Waals surface area contributed by atoms with Crippen molar-refractivity contribution in [1.29, 1.82) is 0 Å². The van der Waals surface area contributed by atoms with Crippen LogP contribution in [0.15, 0.2) is 48.5 Å². The minimum Gasteiger partial charge on any atom is -0.356 e. The fraction of sp³-hybridized carbons (Fsp3) is 0.235. The molecule has 26 heavy (non-hydrogen) atoms. The molecular weight excluding hydrogens is 378 g/mol. The van der Waals surface area contributed by atoms with Gasteiger partial charge in [-0.2, -0.15) is 26.3 Å². The van der Waals surface area contributed by atoms with E-state index in [1.54, 1.807) is 19.1 Å². The zero-order valence-corrected chi connectivity index (χ0v) is 14.2. The highest BCUT2D eigenvalue weighted by Crippen LogP contribution is 2.37. The molecule has 0 fully saturated rings. The monoisotopic (exact) mass is 392 g/mol. The third-order valence-corrected chi connectivity index (χ3v) is 3.71. The van der Waals surface area contributed by atoms with Gasteiger partial charge in [0.1, 0.15) is 0 Å². The molecule has 0 radical (unpaired) electrons. The van der Waals surface area contributed by atoms with Gasteiger partial charge in [0.25, 0.3) is 0 Å². The zero-order valence-electron chi connectivity index (χ0n) is 13.4. The van der Waals surface area contributed by atoms with Gasteiger partial charge in [0, 0.05) is 5.69 Å². The van der Waals surface area contributed by atoms with Crippen LogP contribution >= 0.6 is 12.2 Å². The molecule has 0 saturated heterocycles. The highest BCUT2D eigenvalue weighted by atomic mass is 32.1. The predicted molar refractivity (Wildman–Crippen MR) is 90.7 cm³/mol. The largest absolute Gasteiger partial charge is 0.416 e. The summed E-state index contributed by atoms with van der Waals surface area (Å²) in [4.78, 5) is 0. The molecule has 0 aromatic heterocycles. The molecule has 1 unspecified atom stereocenters. The van der Waals surface area contributed by atoms with Crippen molar-refractivity contribution in [3.8, 4) is 0 Å². The van der Waals surface area contributed by atoms with Crippen LogP contribution in [0.2, 0.25) is 0 Å². The Hall–Kier alpha value is -2.29. The van der Waals surface area contributed by atoms with Gasteiger partial charge >= 0.3 is 12.4 Å². The van der Waals surface area contributed by atoms with E-state index in [0.717, 1.165) is 5.56 Å². The Labute approximate surface area is 151 Å². The Kier molecular flexibility index (Phi) is 5.80. The van der Waals surface area contributed by atoms with Crippen molar-refractivity contribution in [3.05, 3.63) is 65.2 Å². The van der Waals surface area contributed by atoms with Gasteiger partial charge in [-0.05, 0) is 42.9 Å². The van der Waals surface area contributed by atoms with Gasteiger partial charge in [-0.15, -0.1) is 0 Å². The molecule has 0 saturated carbocycles. The second kappa shape index (κ2) is 7.53. The van der Waals surface area contributed by atoms with Crippen LogP contribution < -0.4 is 10.6 Å². The molecule has 2 aromatic rings. The van der Waals surface area contributed by atoms with Crippen molar-refractivity contribution in [2.24, 2.45) is 0 Å². The average Bonchev–Trinajstić information content (AvgIpc) is 2.53. The SMILES string of the molecule is CC(NC(=S)Nc1cc(C(F)(F)F)cc(C(F)(F)F)c1)c1ccccc1. The summed E-state index contributed by atoms with van der Waals surface area (Å²) >= 11 is 5.00. The number of hydrogen-bond acceptors (Lipinski definition) is 1. The molecular formula is C17H14F6N2S. The second-order valence-corrected chi connectivity index (χ2v) is 5.93. The maximum absolute atomic E-state index is 12.9. The number of alkyl halides is 6. The van der Waals surface area contributed by atoms with Crippen molar-refractivity contribution >= 4 is 23.0 Å². The normalized spacial score (nSPS) is 13.2.